The number of nitrogens with zero attached hydrogens (tertiary/aromatic N) is 2. The number of benzene rings is 2. The summed E-state index contributed by atoms with van der Waals surface area (Å²) in [6.45, 7) is 0.0453. The average Bonchev–Trinajstić information content (AvgIpc) is 3.57. The Kier molecular flexibility index (Phi) is 5.93. The lowest BCUT2D eigenvalue weighted by Gasteiger charge is -2.16. The quantitative estimate of drug-likeness (QED) is 0.371. The maximum absolute atomic E-state index is 13.1. The predicted molar refractivity (Wildman–Crippen MR) is 129 cm³/mol. The van der Waals surface area contributed by atoms with Gasteiger partial charge in [0.25, 0.3) is 17.7 Å². The Morgan fingerprint density at radius 1 is 1.12 bits per heavy atom. The van der Waals surface area contributed by atoms with E-state index in [9.17, 15) is 14.4 Å². The van der Waals surface area contributed by atoms with Crippen molar-refractivity contribution in [2.45, 2.75) is 19.0 Å². The number of hydrogen-bond donors (Lipinski definition) is 2. The van der Waals surface area contributed by atoms with E-state index in [0.29, 0.717) is 23.6 Å². The number of carbonyl (C=O) groups excluding carboxylic acids is 3. The molecular formula is C25H22N4O4S. The van der Waals surface area contributed by atoms with Crippen LogP contribution in [0.3, 0.4) is 0 Å². The zero-order chi connectivity index (χ0) is 23.7. The minimum absolute atomic E-state index is 0.0453. The number of carbonyl (C=O) groups is 3. The van der Waals surface area contributed by atoms with Crippen molar-refractivity contribution in [1.29, 1.82) is 0 Å². The summed E-state index contributed by atoms with van der Waals surface area (Å²) in [6, 6.07) is 15.4. The maximum atomic E-state index is 13.1. The van der Waals surface area contributed by atoms with Crippen LogP contribution in [-0.4, -0.2) is 44.6 Å². The lowest BCUT2D eigenvalue weighted by molar-refractivity contribution is 0.0631. The van der Waals surface area contributed by atoms with E-state index in [2.05, 4.69) is 15.3 Å². The highest BCUT2D eigenvalue weighted by atomic mass is 32.2. The largest absolute Gasteiger partial charge is 0.467 e. The molecular weight excluding hydrogens is 452 g/mol. The SMILES string of the molecule is CSCC[C@H](NC(=O)c1ccc2c(c1)C(=O)N(Cc1ccco1)C2=O)c1nc2ccccc2[nH]1. The Morgan fingerprint density at radius 2 is 1.94 bits per heavy atom. The summed E-state index contributed by atoms with van der Waals surface area (Å²) in [4.78, 5) is 47.8. The van der Waals surface area contributed by atoms with Crippen LogP contribution in [0.2, 0.25) is 0 Å². The Morgan fingerprint density at radius 3 is 2.71 bits per heavy atom. The molecule has 34 heavy (non-hydrogen) atoms. The van der Waals surface area contributed by atoms with Gasteiger partial charge in [-0.15, -0.1) is 0 Å². The third-order valence-corrected chi connectivity index (χ3v) is 6.42. The van der Waals surface area contributed by atoms with Crippen molar-refractivity contribution < 1.29 is 18.8 Å². The van der Waals surface area contributed by atoms with Crippen LogP contribution in [0.5, 0.6) is 0 Å². The number of fused-ring (bicyclic) bond motifs is 2. The fourth-order valence-electron chi connectivity index (χ4n) is 4.03. The normalized spacial score (nSPS) is 14.0. The minimum atomic E-state index is -0.442. The summed E-state index contributed by atoms with van der Waals surface area (Å²) in [5.74, 6) is 0.849. The number of amides is 3. The molecule has 4 aromatic rings. The topological polar surface area (TPSA) is 108 Å². The zero-order valence-electron chi connectivity index (χ0n) is 18.4. The fourth-order valence-corrected chi connectivity index (χ4v) is 4.50. The highest BCUT2D eigenvalue weighted by Gasteiger charge is 2.36. The first-order chi connectivity index (χ1) is 16.5. The summed E-state index contributed by atoms with van der Waals surface area (Å²) in [7, 11) is 0. The summed E-state index contributed by atoms with van der Waals surface area (Å²) < 4.78 is 5.27. The molecule has 0 spiro atoms. The molecule has 1 atom stereocenters. The van der Waals surface area contributed by atoms with Crippen molar-refractivity contribution >= 4 is 40.5 Å². The van der Waals surface area contributed by atoms with Gasteiger partial charge in [0.05, 0.1) is 41.0 Å². The average molecular weight is 475 g/mol. The first-order valence-corrected chi connectivity index (χ1v) is 12.2. The van der Waals surface area contributed by atoms with E-state index in [0.717, 1.165) is 21.7 Å². The molecule has 1 aliphatic rings. The molecule has 3 heterocycles. The number of imide groups is 1. The molecule has 172 valence electrons. The standard InChI is InChI=1S/C25H22N4O4S/c1-34-12-10-21(22-26-19-6-2-3-7-20(19)27-22)28-23(30)15-8-9-17-18(13-15)25(32)29(24(17)31)14-16-5-4-11-33-16/h2-9,11,13,21H,10,12,14H2,1H3,(H,26,27)(H,28,30)/t21-/m0/s1. The highest BCUT2D eigenvalue weighted by Crippen LogP contribution is 2.27. The smallest absolute Gasteiger partial charge is 0.261 e. The lowest BCUT2D eigenvalue weighted by Crippen LogP contribution is -2.30. The number of rotatable bonds is 8. The van der Waals surface area contributed by atoms with Crippen LogP contribution in [-0.2, 0) is 6.54 Å². The van der Waals surface area contributed by atoms with Gasteiger partial charge in [-0.1, -0.05) is 12.1 Å². The Bertz CT molecular complexity index is 1350. The van der Waals surface area contributed by atoms with E-state index in [1.54, 1.807) is 30.0 Å². The second-order valence-electron chi connectivity index (χ2n) is 7.98. The molecule has 9 heteroatoms. The number of hydrogen-bond acceptors (Lipinski definition) is 6. The van der Waals surface area contributed by atoms with Crippen molar-refractivity contribution in [2.75, 3.05) is 12.0 Å². The number of imidazole rings is 1. The van der Waals surface area contributed by atoms with Crippen molar-refractivity contribution in [3.63, 3.8) is 0 Å². The molecule has 0 bridgehead atoms. The summed E-state index contributed by atoms with van der Waals surface area (Å²) >= 11 is 1.68. The van der Waals surface area contributed by atoms with Crippen LogP contribution < -0.4 is 5.32 Å². The van der Waals surface area contributed by atoms with E-state index in [4.69, 9.17) is 4.42 Å². The molecule has 0 radical (unpaired) electrons. The molecule has 5 rings (SSSR count). The molecule has 0 aliphatic carbocycles. The number of thioether (sulfide) groups is 1. The Hall–Kier alpha value is -3.85. The first-order valence-electron chi connectivity index (χ1n) is 10.8. The van der Waals surface area contributed by atoms with Gasteiger partial charge < -0.3 is 14.7 Å². The van der Waals surface area contributed by atoms with Crippen molar-refractivity contribution in [3.8, 4) is 0 Å². The van der Waals surface area contributed by atoms with E-state index < -0.39 is 11.8 Å². The third kappa shape index (κ3) is 4.10. The first kappa shape index (κ1) is 22.0. The molecule has 2 N–H and O–H groups in total. The van der Waals surface area contributed by atoms with E-state index >= 15 is 0 Å². The number of furan rings is 1. The van der Waals surface area contributed by atoms with Gasteiger partial charge in [-0.3, -0.25) is 19.3 Å². The van der Waals surface area contributed by atoms with Gasteiger partial charge >= 0.3 is 0 Å². The van der Waals surface area contributed by atoms with Crippen molar-refractivity contribution in [3.05, 3.63) is 89.1 Å². The van der Waals surface area contributed by atoms with Crippen molar-refractivity contribution in [1.82, 2.24) is 20.2 Å². The van der Waals surface area contributed by atoms with Gasteiger partial charge in [0.15, 0.2) is 0 Å². The van der Waals surface area contributed by atoms with E-state index in [1.807, 2.05) is 30.5 Å². The molecule has 2 aromatic carbocycles. The molecule has 0 unspecified atom stereocenters. The van der Waals surface area contributed by atoms with Gasteiger partial charge in [0.1, 0.15) is 11.6 Å². The highest BCUT2D eigenvalue weighted by molar-refractivity contribution is 7.98. The molecule has 0 fully saturated rings. The second-order valence-corrected chi connectivity index (χ2v) is 8.97. The Labute approximate surface area is 199 Å². The summed E-state index contributed by atoms with van der Waals surface area (Å²) in [5, 5.41) is 3.04. The van der Waals surface area contributed by atoms with E-state index in [1.165, 1.54) is 18.4 Å². The molecule has 0 saturated heterocycles. The van der Waals surface area contributed by atoms with Crippen LogP contribution >= 0.6 is 11.8 Å². The van der Waals surface area contributed by atoms with Crippen LogP contribution in [0.4, 0.5) is 0 Å². The predicted octanol–water partition coefficient (Wildman–Crippen LogP) is 4.18. The van der Waals surface area contributed by atoms with Gasteiger partial charge in [-0.25, -0.2) is 4.98 Å². The number of aromatic amines is 1. The lowest BCUT2D eigenvalue weighted by atomic mass is 10.0. The summed E-state index contributed by atoms with van der Waals surface area (Å²) in [6.07, 6.45) is 4.19. The van der Waals surface area contributed by atoms with Crippen molar-refractivity contribution in [2.24, 2.45) is 0 Å². The Balaban J connectivity index is 1.37. The summed E-state index contributed by atoms with van der Waals surface area (Å²) in [5.41, 5.74) is 2.54. The van der Waals surface area contributed by atoms with Gasteiger partial charge in [0, 0.05) is 5.56 Å². The van der Waals surface area contributed by atoms with Crippen LogP contribution in [0.1, 0.15) is 55.1 Å². The number of H-pyrrole nitrogens is 1. The molecule has 8 nitrogen and oxygen atoms in total. The number of aromatic nitrogens is 2. The van der Waals surface area contributed by atoms with Crippen LogP contribution in [0.25, 0.3) is 11.0 Å². The fraction of sp³-hybridized carbons (Fsp3) is 0.200. The minimum Gasteiger partial charge on any atom is -0.467 e. The third-order valence-electron chi connectivity index (χ3n) is 5.78. The maximum Gasteiger partial charge on any atom is 0.261 e. The van der Waals surface area contributed by atoms with Gasteiger partial charge in [-0.05, 0) is 60.9 Å². The number of nitrogens with one attached hydrogen (secondary N) is 2. The van der Waals surface area contributed by atoms with Crippen LogP contribution in [0, 0.1) is 0 Å². The molecule has 1 aliphatic heterocycles. The number of para-hydroxylation sites is 2. The second kappa shape index (κ2) is 9.18. The van der Waals surface area contributed by atoms with Gasteiger partial charge in [-0.2, -0.15) is 11.8 Å². The van der Waals surface area contributed by atoms with E-state index in [-0.39, 0.29) is 29.6 Å². The monoisotopic (exact) mass is 474 g/mol. The van der Waals surface area contributed by atoms with Crippen LogP contribution in [0.15, 0.2) is 65.3 Å². The zero-order valence-corrected chi connectivity index (χ0v) is 19.2. The van der Waals surface area contributed by atoms with Gasteiger partial charge in [0.2, 0.25) is 0 Å². The molecule has 0 saturated carbocycles. The molecule has 2 aromatic heterocycles. The molecule has 3 amide bonds.